The van der Waals surface area contributed by atoms with Gasteiger partial charge in [0, 0.05) is 18.2 Å². The van der Waals surface area contributed by atoms with Crippen molar-refractivity contribution in [3.8, 4) is 0 Å². The number of ether oxygens (including phenoxy) is 1. The Bertz CT molecular complexity index is 928. The number of nitrogens with one attached hydrogen (secondary N) is 2. The van der Waals surface area contributed by atoms with Crippen molar-refractivity contribution < 1.29 is 9.53 Å². The largest absolute Gasteiger partial charge is 0.446 e. The molecule has 2 unspecified atom stereocenters. The van der Waals surface area contributed by atoms with E-state index in [2.05, 4.69) is 29.9 Å². The van der Waals surface area contributed by atoms with Crippen molar-refractivity contribution in [3.63, 3.8) is 0 Å². The lowest BCUT2D eigenvalue weighted by Crippen LogP contribution is -2.40. The second kappa shape index (κ2) is 5.72. The highest BCUT2D eigenvalue weighted by atomic mass is 16.6. The molecule has 0 radical (unpaired) electrons. The van der Waals surface area contributed by atoms with E-state index in [4.69, 9.17) is 4.74 Å². The zero-order valence-electron chi connectivity index (χ0n) is 13.8. The molecule has 2 aliphatic rings. The van der Waals surface area contributed by atoms with Crippen LogP contribution >= 0.6 is 0 Å². The van der Waals surface area contributed by atoms with Crippen molar-refractivity contribution in [2.24, 2.45) is 0 Å². The van der Waals surface area contributed by atoms with E-state index in [0.717, 1.165) is 54.7 Å². The summed E-state index contributed by atoms with van der Waals surface area (Å²) in [7, 11) is 0. The van der Waals surface area contributed by atoms with Gasteiger partial charge in [-0.25, -0.2) is 9.78 Å². The van der Waals surface area contributed by atoms with Crippen LogP contribution in [-0.4, -0.2) is 42.8 Å². The Morgan fingerprint density at radius 3 is 3.04 bits per heavy atom. The van der Waals surface area contributed by atoms with E-state index in [1.54, 1.807) is 6.20 Å². The molecule has 8 nitrogen and oxygen atoms in total. The van der Waals surface area contributed by atoms with Crippen molar-refractivity contribution >= 4 is 22.9 Å². The number of nitrogens with zero attached hydrogens (tertiary/aromatic N) is 4. The second-order valence-electron chi connectivity index (χ2n) is 7.03. The highest BCUT2D eigenvalue weighted by Crippen LogP contribution is 2.36. The van der Waals surface area contributed by atoms with Crippen LogP contribution in [0.5, 0.6) is 0 Å². The summed E-state index contributed by atoms with van der Waals surface area (Å²) >= 11 is 0. The molecule has 2 aliphatic carbocycles. The average Bonchev–Trinajstić information content (AvgIpc) is 3.28. The van der Waals surface area contributed by atoms with Crippen molar-refractivity contribution in [1.82, 2.24) is 29.9 Å². The Kier molecular flexibility index (Phi) is 3.36. The zero-order chi connectivity index (χ0) is 16.8. The maximum Gasteiger partial charge on any atom is 0.407 e. The molecule has 2 atom stereocenters. The predicted octanol–water partition coefficient (Wildman–Crippen LogP) is 2.52. The molecular weight excluding hydrogens is 320 g/mol. The number of aromatic nitrogens is 5. The van der Waals surface area contributed by atoms with E-state index < -0.39 is 0 Å². The van der Waals surface area contributed by atoms with Gasteiger partial charge in [-0.15, -0.1) is 10.2 Å². The number of amides is 1. The number of rotatable bonds is 3. The minimum atomic E-state index is -0.279. The van der Waals surface area contributed by atoms with Crippen LogP contribution in [-0.2, 0) is 4.74 Å². The molecule has 3 aromatic heterocycles. The van der Waals surface area contributed by atoms with Gasteiger partial charge < -0.3 is 15.0 Å². The number of aromatic amines is 1. The number of H-pyrrole nitrogens is 1. The zero-order valence-corrected chi connectivity index (χ0v) is 13.8. The van der Waals surface area contributed by atoms with Crippen LogP contribution in [0.3, 0.4) is 0 Å². The molecular formula is C17H20N6O2. The normalized spacial score (nSPS) is 23.8. The maximum absolute atomic E-state index is 12.0. The van der Waals surface area contributed by atoms with Crippen LogP contribution in [0.1, 0.15) is 50.3 Å². The van der Waals surface area contributed by atoms with Gasteiger partial charge in [-0.05, 0) is 44.6 Å². The Balaban J connectivity index is 1.33. The molecule has 0 aromatic carbocycles. The molecule has 2 saturated carbocycles. The molecule has 25 heavy (non-hydrogen) atoms. The fourth-order valence-electron chi connectivity index (χ4n) is 3.85. The number of hydrogen-bond acceptors (Lipinski definition) is 5. The maximum atomic E-state index is 12.0. The Hall–Kier alpha value is -2.64. The van der Waals surface area contributed by atoms with Crippen molar-refractivity contribution in [1.29, 1.82) is 0 Å². The van der Waals surface area contributed by atoms with E-state index in [0.29, 0.717) is 6.04 Å². The van der Waals surface area contributed by atoms with Crippen LogP contribution in [0.4, 0.5) is 4.79 Å². The van der Waals surface area contributed by atoms with E-state index in [1.165, 1.54) is 6.42 Å². The van der Waals surface area contributed by atoms with Crippen LogP contribution in [0.25, 0.3) is 16.8 Å². The topological polar surface area (TPSA) is 97.2 Å². The van der Waals surface area contributed by atoms with Crippen LogP contribution < -0.4 is 5.32 Å². The molecule has 0 spiro atoms. The van der Waals surface area contributed by atoms with Gasteiger partial charge >= 0.3 is 6.09 Å². The number of alkyl carbamates (subject to hydrolysis) is 1. The molecule has 1 amide bonds. The smallest absolute Gasteiger partial charge is 0.407 e. The summed E-state index contributed by atoms with van der Waals surface area (Å²) in [5.74, 6) is 1.16. The molecule has 0 aliphatic heterocycles. The Labute approximate surface area is 144 Å². The summed E-state index contributed by atoms with van der Waals surface area (Å²) in [5, 5.41) is 11.6. The fourth-order valence-corrected chi connectivity index (χ4v) is 3.85. The molecule has 3 aromatic rings. The van der Waals surface area contributed by atoms with Gasteiger partial charge in [-0.3, -0.25) is 4.40 Å². The SMILES string of the molecule is O=C(NC1CCC1)OC1CCC(c2nnc3cnc4[nH]ccc4n23)C1. The van der Waals surface area contributed by atoms with Gasteiger partial charge in [-0.2, -0.15) is 0 Å². The lowest BCUT2D eigenvalue weighted by atomic mass is 9.93. The van der Waals surface area contributed by atoms with Gasteiger partial charge in [0.25, 0.3) is 0 Å². The summed E-state index contributed by atoms with van der Waals surface area (Å²) in [6.07, 6.45) is 9.17. The summed E-state index contributed by atoms with van der Waals surface area (Å²) in [6.45, 7) is 0. The monoisotopic (exact) mass is 340 g/mol. The first kappa shape index (κ1) is 14.7. The van der Waals surface area contributed by atoms with E-state index in [9.17, 15) is 4.79 Å². The lowest BCUT2D eigenvalue weighted by molar-refractivity contribution is 0.0931. The fraction of sp³-hybridized carbons (Fsp3) is 0.529. The van der Waals surface area contributed by atoms with Crippen molar-refractivity contribution in [2.75, 3.05) is 0 Å². The van der Waals surface area contributed by atoms with Crippen molar-refractivity contribution in [3.05, 3.63) is 24.3 Å². The first-order chi connectivity index (χ1) is 12.3. The first-order valence-corrected chi connectivity index (χ1v) is 8.92. The average molecular weight is 340 g/mol. The minimum Gasteiger partial charge on any atom is -0.446 e. The minimum absolute atomic E-state index is 0.0546. The molecule has 8 heteroatoms. The molecule has 0 bridgehead atoms. The summed E-state index contributed by atoms with van der Waals surface area (Å²) < 4.78 is 7.66. The second-order valence-corrected chi connectivity index (χ2v) is 7.03. The summed E-state index contributed by atoms with van der Waals surface area (Å²) in [6, 6.07) is 2.29. The predicted molar refractivity (Wildman–Crippen MR) is 90.3 cm³/mol. The van der Waals surface area contributed by atoms with Gasteiger partial charge in [0.2, 0.25) is 0 Å². The molecule has 5 rings (SSSR count). The quantitative estimate of drug-likeness (QED) is 0.763. The number of fused-ring (bicyclic) bond motifs is 3. The third-order valence-corrected chi connectivity index (χ3v) is 5.42. The van der Waals surface area contributed by atoms with E-state index >= 15 is 0 Å². The Morgan fingerprint density at radius 2 is 2.20 bits per heavy atom. The first-order valence-electron chi connectivity index (χ1n) is 8.92. The number of carbonyl (C=O) groups is 1. The standard InChI is InChI=1S/C17H20N6O2/c24-17(20-11-2-1-3-11)25-12-5-4-10(8-12)16-22-21-14-9-19-15-13(23(14)16)6-7-18-15/h6-7,9-12,18H,1-5,8H2,(H,20,24). The lowest BCUT2D eigenvalue weighted by Gasteiger charge is -2.26. The third kappa shape index (κ3) is 2.52. The van der Waals surface area contributed by atoms with E-state index in [-0.39, 0.29) is 18.1 Å². The highest BCUT2D eigenvalue weighted by molar-refractivity contribution is 5.74. The molecule has 130 valence electrons. The Morgan fingerprint density at radius 1 is 1.28 bits per heavy atom. The van der Waals surface area contributed by atoms with Gasteiger partial charge in [0.15, 0.2) is 11.3 Å². The van der Waals surface area contributed by atoms with Gasteiger partial charge in [0.1, 0.15) is 11.9 Å². The number of hydrogen-bond donors (Lipinski definition) is 2. The van der Waals surface area contributed by atoms with Crippen LogP contribution in [0, 0.1) is 0 Å². The van der Waals surface area contributed by atoms with Crippen LogP contribution in [0.2, 0.25) is 0 Å². The molecule has 0 saturated heterocycles. The van der Waals surface area contributed by atoms with Gasteiger partial charge in [0.05, 0.1) is 11.7 Å². The van der Waals surface area contributed by atoms with Crippen LogP contribution in [0.15, 0.2) is 18.5 Å². The van der Waals surface area contributed by atoms with E-state index in [1.807, 2.05) is 12.3 Å². The molecule has 2 N–H and O–H groups in total. The highest BCUT2D eigenvalue weighted by Gasteiger charge is 2.32. The van der Waals surface area contributed by atoms with Crippen molar-refractivity contribution in [2.45, 2.75) is 56.6 Å². The summed E-state index contributed by atoms with van der Waals surface area (Å²) in [5.41, 5.74) is 2.54. The summed E-state index contributed by atoms with van der Waals surface area (Å²) in [4.78, 5) is 19.4. The molecule has 2 fully saturated rings. The number of carbonyl (C=O) groups excluding carboxylic acids is 1. The van der Waals surface area contributed by atoms with Gasteiger partial charge in [-0.1, -0.05) is 0 Å². The molecule has 3 heterocycles. The third-order valence-electron chi connectivity index (χ3n) is 5.42.